The van der Waals surface area contributed by atoms with Crippen LogP contribution in [-0.4, -0.2) is 12.1 Å². The van der Waals surface area contributed by atoms with Gasteiger partial charge in [-0.25, -0.2) is 0 Å². The van der Waals surface area contributed by atoms with E-state index >= 15 is 0 Å². The Morgan fingerprint density at radius 1 is 1.18 bits per heavy atom. The van der Waals surface area contributed by atoms with Crippen LogP contribution in [-0.2, 0) is 17.9 Å². The number of nitrogens with one attached hydrogen (secondary N) is 1. The molecule has 0 heterocycles. The molecule has 0 aliphatic heterocycles. The van der Waals surface area contributed by atoms with Gasteiger partial charge in [-0.1, -0.05) is 38.1 Å². The van der Waals surface area contributed by atoms with Crippen LogP contribution in [0.4, 0.5) is 0 Å². The highest BCUT2D eigenvalue weighted by atomic mass is 16.5. The van der Waals surface area contributed by atoms with Gasteiger partial charge in [0.1, 0.15) is 0 Å². The van der Waals surface area contributed by atoms with Crippen molar-refractivity contribution < 1.29 is 4.74 Å². The number of rotatable bonds is 7. The Hall–Kier alpha value is -0.860. The largest absolute Gasteiger partial charge is 0.371 e. The van der Waals surface area contributed by atoms with Crippen molar-refractivity contribution in [1.29, 1.82) is 0 Å². The van der Waals surface area contributed by atoms with Crippen LogP contribution in [0, 0.1) is 0 Å². The lowest BCUT2D eigenvalue weighted by molar-refractivity contribution is -0.0316. The molecule has 96 valence electrons. The fourth-order valence-electron chi connectivity index (χ4n) is 1.48. The van der Waals surface area contributed by atoms with Crippen molar-refractivity contribution in [2.45, 2.75) is 52.9 Å². The van der Waals surface area contributed by atoms with Crippen molar-refractivity contribution >= 4 is 0 Å². The molecule has 1 N–H and O–H groups in total. The minimum atomic E-state index is -0.0301. The molecule has 0 aliphatic carbocycles. The van der Waals surface area contributed by atoms with Gasteiger partial charge in [0, 0.05) is 6.54 Å². The second kappa shape index (κ2) is 6.77. The van der Waals surface area contributed by atoms with Crippen molar-refractivity contribution in [3.05, 3.63) is 35.4 Å². The summed E-state index contributed by atoms with van der Waals surface area (Å²) in [7, 11) is 0. The lowest BCUT2D eigenvalue weighted by Gasteiger charge is -2.23. The maximum absolute atomic E-state index is 5.90. The summed E-state index contributed by atoms with van der Waals surface area (Å²) in [5.74, 6) is 0. The Bertz CT molecular complexity index is 333. The van der Waals surface area contributed by atoms with Crippen LogP contribution in [0.3, 0.4) is 0 Å². The van der Waals surface area contributed by atoms with Gasteiger partial charge in [-0.05, 0) is 37.9 Å². The van der Waals surface area contributed by atoms with Crippen LogP contribution in [0.1, 0.15) is 45.2 Å². The molecule has 0 aromatic heterocycles. The molecule has 1 rings (SSSR count). The first kappa shape index (κ1) is 14.2. The molecule has 0 amide bonds. The van der Waals surface area contributed by atoms with Crippen molar-refractivity contribution in [3.63, 3.8) is 0 Å². The van der Waals surface area contributed by atoms with E-state index in [1.54, 1.807) is 0 Å². The molecule has 0 aliphatic rings. The highest BCUT2D eigenvalue weighted by Crippen LogP contribution is 2.17. The number of hydrogen-bond acceptors (Lipinski definition) is 2. The average molecular weight is 235 g/mol. The Kier molecular flexibility index (Phi) is 5.66. The van der Waals surface area contributed by atoms with Gasteiger partial charge < -0.3 is 10.1 Å². The van der Waals surface area contributed by atoms with Crippen molar-refractivity contribution in [2.24, 2.45) is 0 Å². The first-order chi connectivity index (χ1) is 8.07. The molecule has 0 atom stereocenters. The SMILES string of the molecule is CCNCc1cccc(COC(C)(C)CC)c1. The summed E-state index contributed by atoms with van der Waals surface area (Å²) in [6.45, 7) is 11.2. The van der Waals surface area contributed by atoms with Crippen LogP contribution < -0.4 is 5.32 Å². The topological polar surface area (TPSA) is 21.3 Å². The van der Waals surface area contributed by atoms with E-state index in [-0.39, 0.29) is 5.60 Å². The van der Waals surface area contributed by atoms with Crippen molar-refractivity contribution in [2.75, 3.05) is 6.54 Å². The fraction of sp³-hybridized carbons (Fsp3) is 0.600. The summed E-state index contributed by atoms with van der Waals surface area (Å²) >= 11 is 0. The van der Waals surface area contributed by atoms with Gasteiger partial charge in [0.05, 0.1) is 12.2 Å². The van der Waals surface area contributed by atoms with Crippen LogP contribution >= 0.6 is 0 Å². The average Bonchev–Trinajstić information content (AvgIpc) is 2.35. The minimum absolute atomic E-state index is 0.0301. The smallest absolute Gasteiger partial charge is 0.0724 e. The Morgan fingerprint density at radius 2 is 1.88 bits per heavy atom. The highest BCUT2D eigenvalue weighted by molar-refractivity contribution is 5.22. The van der Waals surface area contributed by atoms with Crippen LogP contribution in [0.15, 0.2) is 24.3 Å². The van der Waals surface area contributed by atoms with E-state index in [4.69, 9.17) is 4.74 Å². The standard InChI is InChI=1S/C15H25NO/c1-5-15(3,4)17-12-14-9-7-8-13(10-14)11-16-6-2/h7-10,16H,5-6,11-12H2,1-4H3. The zero-order valence-corrected chi connectivity index (χ0v) is 11.5. The van der Waals surface area contributed by atoms with Gasteiger partial charge in [-0.2, -0.15) is 0 Å². The fourth-order valence-corrected chi connectivity index (χ4v) is 1.48. The maximum Gasteiger partial charge on any atom is 0.0724 e. The van der Waals surface area contributed by atoms with Crippen LogP contribution in [0.2, 0.25) is 0 Å². The molecule has 0 bridgehead atoms. The Balaban J connectivity index is 2.53. The van der Waals surface area contributed by atoms with Crippen LogP contribution in [0.25, 0.3) is 0 Å². The molecule has 0 radical (unpaired) electrons. The second-order valence-corrected chi connectivity index (χ2v) is 5.00. The van der Waals surface area contributed by atoms with E-state index < -0.39 is 0 Å². The molecular weight excluding hydrogens is 210 g/mol. The Labute approximate surface area is 105 Å². The van der Waals surface area contributed by atoms with E-state index in [2.05, 4.69) is 57.3 Å². The molecule has 1 aromatic carbocycles. The number of ether oxygens (including phenoxy) is 1. The molecule has 1 aromatic rings. The molecular formula is C15H25NO. The Morgan fingerprint density at radius 3 is 2.53 bits per heavy atom. The summed E-state index contributed by atoms with van der Waals surface area (Å²) < 4.78 is 5.90. The van der Waals surface area contributed by atoms with E-state index in [9.17, 15) is 0 Å². The summed E-state index contributed by atoms with van der Waals surface area (Å²) in [6.07, 6.45) is 1.03. The molecule has 2 heteroatoms. The molecule has 0 fully saturated rings. The third-order valence-corrected chi connectivity index (χ3v) is 3.05. The third kappa shape index (κ3) is 5.33. The van der Waals surface area contributed by atoms with Gasteiger partial charge >= 0.3 is 0 Å². The predicted molar refractivity (Wildman–Crippen MR) is 73.0 cm³/mol. The van der Waals surface area contributed by atoms with Gasteiger partial charge in [0.15, 0.2) is 0 Å². The summed E-state index contributed by atoms with van der Waals surface area (Å²) in [4.78, 5) is 0. The summed E-state index contributed by atoms with van der Waals surface area (Å²) in [5, 5.41) is 3.33. The van der Waals surface area contributed by atoms with Gasteiger partial charge in [0.25, 0.3) is 0 Å². The highest BCUT2D eigenvalue weighted by Gasteiger charge is 2.14. The van der Waals surface area contributed by atoms with Gasteiger partial charge in [0.2, 0.25) is 0 Å². The lowest BCUT2D eigenvalue weighted by Crippen LogP contribution is -2.22. The van der Waals surface area contributed by atoms with E-state index in [1.165, 1.54) is 11.1 Å². The molecule has 0 unspecified atom stereocenters. The summed E-state index contributed by atoms with van der Waals surface area (Å²) in [6, 6.07) is 8.59. The van der Waals surface area contributed by atoms with Crippen molar-refractivity contribution in [3.8, 4) is 0 Å². The predicted octanol–water partition coefficient (Wildman–Crippen LogP) is 3.50. The molecule has 17 heavy (non-hydrogen) atoms. The molecule has 0 saturated carbocycles. The lowest BCUT2D eigenvalue weighted by atomic mass is 10.1. The van der Waals surface area contributed by atoms with Gasteiger partial charge in [-0.3, -0.25) is 0 Å². The normalized spacial score (nSPS) is 11.8. The maximum atomic E-state index is 5.90. The number of hydrogen-bond donors (Lipinski definition) is 1. The first-order valence-electron chi connectivity index (χ1n) is 6.50. The van der Waals surface area contributed by atoms with Gasteiger partial charge in [-0.15, -0.1) is 0 Å². The molecule has 0 saturated heterocycles. The van der Waals surface area contributed by atoms with E-state index in [1.807, 2.05) is 0 Å². The first-order valence-corrected chi connectivity index (χ1v) is 6.50. The third-order valence-electron chi connectivity index (χ3n) is 3.05. The monoisotopic (exact) mass is 235 g/mol. The van der Waals surface area contributed by atoms with E-state index in [0.29, 0.717) is 6.61 Å². The molecule has 0 spiro atoms. The zero-order chi connectivity index (χ0) is 12.7. The zero-order valence-electron chi connectivity index (χ0n) is 11.5. The number of benzene rings is 1. The second-order valence-electron chi connectivity index (χ2n) is 5.00. The summed E-state index contributed by atoms with van der Waals surface area (Å²) in [5.41, 5.74) is 2.54. The van der Waals surface area contributed by atoms with Crippen LogP contribution in [0.5, 0.6) is 0 Å². The molecule has 2 nitrogen and oxygen atoms in total. The quantitative estimate of drug-likeness (QED) is 0.781. The van der Waals surface area contributed by atoms with E-state index in [0.717, 1.165) is 19.5 Å². The van der Waals surface area contributed by atoms with Crippen molar-refractivity contribution in [1.82, 2.24) is 5.32 Å². The minimum Gasteiger partial charge on any atom is -0.371 e.